The summed E-state index contributed by atoms with van der Waals surface area (Å²) >= 11 is 0. The molecule has 8 heteroatoms. The van der Waals surface area contributed by atoms with Crippen LogP contribution in [0, 0.1) is 27.1 Å². The Kier molecular flexibility index (Phi) is 34.1. The van der Waals surface area contributed by atoms with Crippen molar-refractivity contribution in [3.05, 3.63) is 120 Å². The van der Waals surface area contributed by atoms with Crippen molar-refractivity contribution in [3.63, 3.8) is 0 Å². The second-order valence-corrected chi connectivity index (χ2v) is 26.8. The molecule has 2 aromatic carbocycles. The number of furan rings is 2. The minimum Gasteiger partial charge on any atom is -0.469 e. The summed E-state index contributed by atoms with van der Waals surface area (Å²) in [7, 11) is 0. The van der Waals surface area contributed by atoms with Gasteiger partial charge in [0, 0.05) is 24.4 Å². The fourth-order valence-electron chi connectivity index (χ4n) is 5.54. The van der Waals surface area contributed by atoms with Crippen molar-refractivity contribution in [2.45, 2.75) is 248 Å². The van der Waals surface area contributed by atoms with Crippen LogP contribution in [-0.2, 0) is 36.8 Å². The number of carbonyl (C=O) groups is 1. The Morgan fingerprint density at radius 2 is 0.873 bits per heavy atom. The molecule has 71 heavy (non-hydrogen) atoms. The summed E-state index contributed by atoms with van der Waals surface area (Å²) in [5.74, 6) is 0.461. The van der Waals surface area contributed by atoms with Crippen molar-refractivity contribution in [2.24, 2.45) is 27.1 Å². The van der Waals surface area contributed by atoms with E-state index in [0.717, 1.165) is 18.2 Å². The second kappa shape index (κ2) is 33.9. The first kappa shape index (κ1) is 71.5. The highest BCUT2D eigenvalue weighted by molar-refractivity contribution is 5.73. The first-order chi connectivity index (χ1) is 32.0. The number of aryl methyl sites for hydroxylation is 3. The number of benzene rings is 2. The zero-order valence-corrected chi connectivity index (χ0v) is 50.1. The molecule has 0 saturated carbocycles. The highest BCUT2D eigenvalue weighted by Crippen LogP contribution is 2.31. The van der Waals surface area contributed by atoms with Crippen molar-refractivity contribution in [2.75, 3.05) is 0 Å². The third-order valence-corrected chi connectivity index (χ3v) is 10.1. The van der Waals surface area contributed by atoms with Crippen LogP contribution in [0.4, 0.5) is 13.2 Å². The van der Waals surface area contributed by atoms with Gasteiger partial charge in [-0.05, 0) is 143 Å². The van der Waals surface area contributed by atoms with Gasteiger partial charge in [0.25, 0.3) is 0 Å². The van der Waals surface area contributed by atoms with Crippen molar-refractivity contribution < 1.29 is 26.8 Å². The van der Waals surface area contributed by atoms with Gasteiger partial charge in [-0.15, -0.1) is 0 Å². The van der Waals surface area contributed by atoms with E-state index in [4.69, 9.17) is 4.42 Å². The lowest BCUT2D eigenvalue weighted by Gasteiger charge is -2.19. The van der Waals surface area contributed by atoms with Crippen LogP contribution in [0.25, 0.3) is 0 Å². The van der Waals surface area contributed by atoms with Crippen molar-refractivity contribution in [1.29, 1.82) is 0 Å². The Hall–Kier alpha value is -3.78. The van der Waals surface area contributed by atoms with E-state index in [1.54, 1.807) is 6.26 Å². The molecule has 4 rings (SSSR count). The van der Waals surface area contributed by atoms with E-state index in [2.05, 4.69) is 193 Å². The summed E-state index contributed by atoms with van der Waals surface area (Å²) in [6, 6.07) is 27.6. The molecule has 5 nitrogen and oxygen atoms in total. The third kappa shape index (κ3) is 55.4. The van der Waals surface area contributed by atoms with E-state index in [0.29, 0.717) is 33.6 Å². The zero-order valence-electron chi connectivity index (χ0n) is 50.1. The van der Waals surface area contributed by atoms with Crippen LogP contribution in [0.2, 0.25) is 0 Å². The molecule has 0 fully saturated rings. The average molecular weight is 1000 g/mol. The topological polar surface area (TPSA) is 67.4 Å². The summed E-state index contributed by atoms with van der Waals surface area (Å²) in [4.78, 5) is 10.3. The highest BCUT2D eigenvalue weighted by atomic mass is 19.4. The molecule has 1 amide bonds. The predicted molar refractivity (Wildman–Crippen MR) is 303 cm³/mol. The summed E-state index contributed by atoms with van der Waals surface area (Å²) < 4.78 is 46.4. The average Bonchev–Trinajstić information content (AvgIpc) is 3.91. The molecule has 0 radical (unpaired) electrons. The lowest BCUT2D eigenvalue weighted by Crippen LogP contribution is -2.38. The van der Waals surface area contributed by atoms with Gasteiger partial charge in [0.1, 0.15) is 11.5 Å². The number of nitrogens with one attached hydrogen (secondary N) is 2. The lowest BCUT2D eigenvalue weighted by molar-refractivity contribution is -0.153. The quantitative estimate of drug-likeness (QED) is 0.175. The number of alkyl halides is 3. The predicted octanol–water partition coefficient (Wildman–Crippen LogP) is 20.0. The van der Waals surface area contributed by atoms with Gasteiger partial charge < -0.3 is 19.5 Å². The molecule has 0 aliphatic heterocycles. The minimum absolute atomic E-state index is 0.0255. The standard InChI is InChI=1S/2C12H18.C10H14F3NO.C10H16O.C7H16.C6H13NO.C6H14/c2*1-12(2,3)10-9-11-7-5-4-6-8-11;1-9(2,3)14-6-7-4-5-8(15-7)10(11,12)13;1-10(2,3)7-6-9-5-4-8-11-9;1-5-6-7(2,3)4;1-5(8)7-6(2,3)4;1-5-6(2,3)4/h2*4-8H,9-10H2,1-3H3;4-5,14H,6H2,1-3H3;4-5,8H,6-7H2,1-3H3;5-6H2,1-4H3;1-4H3,(H,7,8);5H2,1-4H3. The smallest absolute Gasteiger partial charge is 0.449 e. The van der Waals surface area contributed by atoms with Crippen LogP contribution in [0.3, 0.4) is 0 Å². The number of hydrogen-bond acceptors (Lipinski definition) is 4. The maximum Gasteiger partial charge on any atom is 0.449 e. The lowest BCUT2D eigenvalue weighted by atomic mass is 9.89. The number of hydrogen-bond donors (Lipinski definition) is 2. The molecule has 0 atom stereocenters. The van der Waals surface area contributed by atoms with E-state index in [9.17, 15) is 18.0 Å². The van der Waals surface area contributed by atoms with Crippen molar-refractivity contribution in [3.8, 4) is 0 Å². The molecule has 2 aromatic heterocycles. The molecular weight excluding hydrogens is 890 g/mol. The van der Waals surface area contributed by atoms with Gasteiger partial charge in [-0.2, -0.15) is 13.2 Å². The zero-order chi connectivity index (χ0) is 56.0. The van der Waals surface area contributed by atoms with Crippen LogP contribution in [0.1, 0.15) is 233 Å². The SMILES string of the molecule is CC(=O)NC(C)(C)C.CC(C)(C)CCc1ccccc1.CC(C)(C)CCc1ccccc1.CC(C)(C)CCc1ccco1.CC(C)(C)NCc1ccc(C(F)(F)F)o1.CCC(C)(C)C.CCCC(C)(C)C. The van der Waals surface area contributed by atoms with Gasteiger partial charge in [-0.1, -0.05) is 191 Å². The largest absolute Gasteiger partial charge is 0.469 e. The number of carbonyl (C=O) groups excluding carboxylic acids is 1. The summed E-state index contributed by atoms with van der Waals surface area (Å²) in [5, 5.41) is 5.78. The van der Waals surface area contributed by atoms with E-state index in [1.165, 1.54) is 75.5 Å². The molecule has 4 aromatic rings. The summed E-state index contributed by atoms with van der Waals surface area (Å²) in [5.41, 5.74) is 5.09. The molecule has 0 aliphatic carbocycles. The first-order valence-electron chi connectivity index (χ1n) is 26.3. The Morgan fingerprint density at radius 3 is 1.11 bits per heavy atom. The first-order valence-corrected chi connectivity index (χ1v) is 26.3. The Morgan fingerprint density at radius 1 is 0.479 bits per heavy atom. The molecule has 0 unspecified atom stereocenters. The fourth-order valence-corrected chi connectivity index (χ4v) is 5.54. The highest BCUT2D eigenvalue weighted by Gasteiger charge is 2.34. The molecular formula is C63H109F3N2O3. The number of halogens is 3. The van der Waals surface area contributed by atoms with Crippen LogP contribution in [0.5, 0.6) is 0 Å². The minimum atomic E-state index is -4.40. The Labute approximate surface area is 436 Å². The second-order valence-electron chi connectivity index (χ2n) is 26.8. The van der Waals surface area contributed by atoms with E-state index in [1.807, 2.05) is 53.7 Å². The molecule has 0 bridgehead atoms. The molecule has 2 N–H and O–H groups in total. The van der Waals surface area contributed by atoms with E-state index >= 15 is 0 Å². The van der Waals surface area contributed by atoms with E-state index < -0.39 is 11.9 Å². The number of rotatable bonds is 9. The fraction of sp³-hybridized carbons (Fsp3) is 0.667. The summed E-state index contributed by atoms with van der Waals surface area (Å²) in [6.07, 6.45) is 8.40. The van der Waals surface area contributed by atoms with Gasteiger partial charge in [0.15, 0.2) is 0 Å². The van der Waals surface area contributed by atoms with Crippen LogP contribution >= 0.6 is 0 Å². The maximum atomic E-state index is 12.2. The Balaban J connectivity index is -0.000000775. The van der Waals surface area contributed by atoms with Crippen molar-refractivity contribution >= 4 is 5.91 Å². The molecule has 2 heterocycles. The van der Waals surface area contributed by atoms with Gasteiger partial charge in [0.05, 0.1) is 12.8 Å². The molecule has 410 valence electrons. The summed E-state index contributed by atoms with van der Waals surface area (Å²) in [6.45, 7) is 51.9. The number of amides is 1. The van der Waals surface area contributed by atoms with Gasteiger partial charge in [0.2, 0.25) is 11.7 Å². The Bertz CT molecular complexity index is 1790. The van der Waals surface area contributed by atoms with Crippen LogP contribution < -0.4 is 10.6 Å². The molecule has 0 aliphatic rings. The monoisotopic (exact) mass is 999 g/mol. The van der Waals surface area contributed by atoms with Crippen LogP contribution in [0.15, 0.2) is 100 Å². The van der Waals surface area contributed by atoms with Gasteiger partial charge in [-0.25, -0.2) is 0 Å². The molecule has 0 saturated heterocycles. The van der Waals surface area contributed by atoms with Gasteiger partial charge >= 0.3 is 6.18 Å². The van der Waals surface area contributed by atoms with E-state index in [-0.39, 0.29) is 22.7 Å². The molecule has 0 spiro atoms. The normalized spacial score (nSPS) is 12.0. The third-order valence-electron chi connectivity index (χ3n) is 10.1. The van der Waals surface area contributed by atoms with Crippen molar-refractivity contribution in [1.82, 2.24) is 10.6 Å². The maximum absolute atomic E-state index is 12.2. The van der Waals surface area contributed by atoms with Crippen LogP contribution in [-0.4, -0.2) is 17.0 Å². The van der Waals surface area contributed by atoms with Gasteiger partial charge in [-0.3, -0.25) is 4.79 Å².